The molecular weight excluding hydrogens is 208 g/mol. The molecule has 0 aromatic rings. The van der Waals surface area contributed by atoms with E-state index in [-0.39, 0.29) is 0 Å². The zero-order chi connectivity index (χ0) is 12.7. The molecule has 0 saturated heterocycles. The minimum Gasteiger partial charge on any atom is -0.329 e. The molecule has 102 valence electrons. The predicted molar refractivity (Wildman–Crippen MR) is 76.2 cm³/mol. The van der Waals surface area contributed by atoms with Crippen LogP contribution in [0.2, 0.25) is 0 Å². The second-order valence-corrected chi connectivity index (χ2v) is 5.98. The van der Waals surface area contributed by atoms with Gasteiger partial charge in [-0.3, -0.25) is 4.90 Å². The van der Waals surface area contributed by atoms with E-state index in [9.17, 15) is 0 Å². The van der Waals surface area contributed by atoms with Crippen molar-refractivity contribution < 1.29 is 0 Å². The first-order chi connectivity index (χ1) is 8.16. The number of rotatable bonds is 5. The Morgan fingerprint density at radius 2 is 1.59 bits per heavy atom. The van der Waals surface area contributed by atoms with Gasteiger partial charge >= 0.3 is 0 Å². The maximum atomic E-state index is 6.19. The highest BCUT2D eigenvalue weighted by molar-refractivity contribution is 4.93. The fraction of sp³-hybridized carbons (Fsp3) is 1.00. The van der Waals surface area contributed by atoms with Gasteiger partial charge in [0.25, 0.3) is 0 Å². The molecule has 1 saturated carbocycles. The largest absolute Gasteiger partial charge is 0.329 e. The Labute approximate surface area is 108 Å². The summed E-state index contributed by atoms with van der Waals surface area (Å²) in [5.74, 6) is 0. The van der Waals surface area contributed by atoms with Crippen LogP contribution in [-0.2, 0) is 0 Å². The van der Waals surface area contributed by atoms with Crippen molar-refractivity contribution in [3.63, 3.8) is 0 Å². The highest BCUT2D eigenvalue weighted by Gasteiger charge is 2.35. The summed E-state index contributed by atoms with van der Waals surface area (Å²) < 4.78 is 0. The van der Waals surface area contributed by atoms with Gasteiger partial charge in [0.15, 0.2) is 0 Å². The Bertz CT molecular complexity index is 193. The van der Waals surface area contributed by atoms with Crippen molar-refractivity contribution in [3.05, 3.63) is 0 Å². The van der Waals surface area contributed by atoms with E-state index in [4.69, 9.17) is 5.73 Å². The predicted octanol–water partition coefficient (Wildman–Crippen LogP) is 3.55. The second kappa shape index (κ2) is 7.38. The van der Waals surface area contributed by atoms with Crippen LogP contribution in [0.3, 0.4) is 0 Å². The maximum Gasteiger partial charge on any atom is 0.0334 e. The van der Waals surface area contributed by atoms with Crippen LogP contribution in [0.1, 0.15) is 72.1 Å². The smallest absolute Gasteiger partial charge is 0.0334 e. The first-order valence-corrected chi connectivity index (χ1v) is 7.63. The summed E-state index contributed by atoms with van der Waals surface area (Å²) in [7, 11) is 0. The van der Waals surface area contributed by atoms with Gasteiger partial charge in [0, 0.05) is 18.1 Å². The lowest BCUT2D eigenvalue weighted by molar-refractivity contribution is 0.0385. The first-order valence-electron chi connectivity index (χ1n) is 7.63. The average molecular weight is 240 g/mol. The Kier molecular flexibility index (Phi) is 6.50. The van der Waals surface area contributed by atoms with Crippen LogP contribution in [0, 0.1) is 0 Å². The van der Waals surface area contributed by atoms with Crippen LogP contribution in [0.4, 0.5) is 0 Å². The molecule has 1 rings (SSSR count). The maximum absolute atomic E-state index is 6.19. The minimum atomic E-state index is 0.296. The van der Waals surface area contributed by atoms with Crippen molar-refractivity contribution in [2.75, 3.05) is 13.1 Å². The first kappa shape index (κ1) is 15.0. The van der Waals surface area contributed by atoms with Gasteiger partial charge in [0.1, 0.15) is 0 Å². The van der Waals surface area contributed by atoms with Crippen LogP contribution in [0.25, 0.3) is 0 Å². The van der Waals surface area contributed by atoms with Gasteiger partial charge < -0.3 is 5.73 Å². The van der Waals surface area contributed by atoms with E-state index in [1.807, 2.05) is 0 Å². The molecule has 2 nitrogen and oxygen atoms in total. The summed E-state index contributed by atoms with van der Waals surface area (Å²) in [6.45, 7) is 8.97. The minimum absolute atomic E-state index is 0.296. The van der Waals surface area contributed by atoms with Crippen molar-refractivity contribution in [1.29, 1.82) is 0 Å². The summed E-state index contributed by atoms with van der Waals surface area (Å²) in [4.78, 5) is 2.69. The molecule has 1 aliphatic rings. The highest BCUT2D eigenvalue weighted by Crippen LogP contribution is 2.32. The fourth-order valence-electron chi connectivity index (χ4n) is 3.46. The highest BCUT2D eigenvalue weighted by atomic mass is 15.2. The molecule has 0 aromatic heterocycles. The Balaban J connectivity index is 2.79. The van der Waals surface area contributed by atoms with Gasteiger partial charge in [-0.05, 0) is 39.7 Å². The van der Waals surface area contributed by atoms with E-state index in [2.05, 4.69) is 25.7 Å². The average Bonchev–Trinajstić information content (AvgIpc) is 2.27. The van der Waals surface area contributed by atoms with Gasteiger partial charge in [0.2, 0.25) is 0 Å². The van der Waals surface area contributed by atoms with E-state index in [0.717, 1.165) is 6.54 Å². The lowest BCUT2D eigenvalue weighted by Crippen LogP contribution is -2.57. The molecule has 0 radical (unpaired) electrons. The van der Waals surface area contributed by atoms with Crippen LogP contribution in [0.15, 0.2) is 0 Å². The molecule has 0 spiro atoms. The molecule has 1 fully saturated rings. The fourth-order valence-corrected chi connectivity index (χ4v) is 3.46. The molecule has 1 aliphatic carbocycles. The third-order valence-electron chi connectivity index (χ3n) is 4.36. The van der Waals surface area contributed by atoms with Gasteiger partial charge in [-0.1, -0.05) is 39.0 Å². The zero-order valence-corrected chi connectivity index (χ0v) is 12.2. The summed E-state index contributed by atoms with van der Waals surface area (Å²) in [6.07, 6.45) is 10.8. The summed E-state index contributed by atoms with van der Waals surface area (Å²) in [5.41, 5.74) is 6.48. The molecule has 0 bridgehead atoms. The van der Waals surface area contributed by atoms with E-state index in [1.165, 1.54) is 57.9 Å². The van der Waals surface area contributed by atoms with E-state index in [1.54, 1.807) is 0 Å². The van der Waals surface area contributed by atoms with Gasteiger partial charge in [-0.2, -0.15) is 0 Å². The molecule has 2 N–H and O–H groups in total. The zero-order valence-electron chi connectivity index (χ0n) is 12.2. The Morgan fingerprint density at radius 3 is 2.00 bits per heavy atom. The number of hydrogen-bond donors (Lipinski definition) is 1. The van der Waals surface area contributed by atoms with Crippen molar-refractivity contribution >= 4 is 0 Å². The van der Waals surface area contributed by atoms with Crippen molar-refractivity contribution in [1.82, 2.24) is 4.90 Å². The van der Waals surface area contributed by atoms with E-state index < -0.39 is 0 Å². The lowest BCUT2D eigenvalue weighted by Gasteiger charge is -2.47. The molecule has 0 amide bonds. The molecule has 17 heavy (non-hydrogen) atoms. The molecule has 0 unspecified atom stereocenters. The third-order valence-corrected chi connectivity index (χ3v) is 4.36. The summed E-state index contributed by atoms with van der Waals surface area (Å²) in [5, 5.41) is 0. The van der Waals surface area contributed by atoms with Gasteiger partial charge in [-0.15, -0.1) is 0 Å². The molecule has 0 atom stereocenters. The number of hydrogen-bond acceptors (Lipinski definition) is 2. The van der Waals surface area contributed by atoms with Crippen LogP contribution in [-0.4, -0.2) is 29.6 Å². The summed E-state index contributed by atoms with van der Waals surface area (Å²) >= 11 is 0. The van der Waals surface area contributed by atoms with E-state index in [0.29, 0.717) is 11.6 Å². The van der Waals surface area contributed by atoms with Gasteiger partial charge in [0.05, 0.1) is 0 Å². The Morgan fingerprint density at radius 1 is 1.06 bits per heavy atom. The second-order valence-electron chi connectivity index (χ2n) is 5.98. The topological polar surface area (TPSA) is 29.3 Å². The van der Waals surface area contributed by atoms with Crippen molar-refractivity contribution in [3.8, 4) is 0 Å². The number of nitrogens with two attached hydrogens (primary N) is 1. The monoisotopic (exact) mass is 240 g/mol. The summed E-state index contributed by atoms with van der Waals surface area (Å²) in [6, 6.07) is 0.623. The standard InChI is InChI=1S/C15H32N2/c1-4-12-17(14(2)3)15(13-16)10-8-6-5-7-9-11-15/h14H,4-13,16H2,1-3H3. The molecular formula is C15H32N2. The van der Waals surface area contributed by atoms with Crippen LogP contribution >= 0.6 is 0 Å². The molecule has 0 heterocycles. The number of nitrogens with zero attached hydrogens (tertiary/aromatic N) is 1. The van der Waals surface area contributed by atoms with Crippen molar-refractivity contribution in [2.24, 2.45) is 5.73 Å². The quantitative estimate of drug-likeness (QED) is 0.796. The Hall–Kier alpha value is -0.0800. The SMILES string of the molecule is CCCN(C(C)C)C1(CN)CCCCCCC1. The normalized spacial score (nSPS) is 21.5. The van der Waals surface area contributed by atoms with Crippen molar-refractivity contribution in [2.45, 2.75) is 83.7 Å². The lowest BCUT2D eigenvalue weighted by atomic mass is 9.81. The third kappa shape index (κ3) is 3.96. The molecule has 2 heteroatoms. The van der Waals surface area contributed by atoms with Crippen LogP contribution < -0.4 is 5.73 Å². The molecule has 0 aromatic carbocycles. The van der Waals surface area contributed by atoms with Gasteiger partial charge in [-0.25, -0.2) is 0 Å². The molecule has 0 aliphatic heterocycles. The van der Waals surface area contributed by atoms with Crippen LogP contribution in [0.5, 0.6) is 0 Å². The van der Waals surface area contributed by atoms with E-state index >= 15 is 0 Å².